The van der Waals surface area contributed by atoms with Gasteiger partial charge in [0, 0.05) is 13.6 Å². The van der Waals surface area contributed by atoms with Gasteiger partial charge >= 0.3 is 0 Å². The van der Waals surface area contributed by atoms with Crippen LogP contribution in [-0.4, -0.2) is 42.2 Å². The zero-order valence-corrected chi connectivity index (χ0v) is 11.2. The standard InChI is InChI=1S/C14H21NO3/c1-4-18-13-8-6-5-7-12(13)14(17)15(3)10-9-11(2)16/h5-8,11,16H,4,9-10H2,1-3H3. The van der Waals surface area contributed by atoms with E-state index in [2.05, 4.69) is 0 Å². The monoisotopic (exact) mass is 251 g/mol. The first-order chi connectivity index (χ1) is 8.56. The number of rotatable bonds is 6. The number of hydrogen-bond donors (Lipinski definition) is 1. The van der Waals surface area contributed by atoms with E-state index >= 15 is 0 Å². The fraction of sp³-hybridized carbons (Fsp3) is 0.500. The Morgan fingerprint density at radius 1 is 1.44 bits per heavy atom. The van der Waals surface area contributed by atoms with Crippen molar-refractivity contribution in [1.82, 2.24) is 4.90 Å². The molecule has 0 saturated heterocycles. The predicted octanol–water partition coefficient (Wildman–Crippen LogP) is 1.93. The van der Waals surface area contributed by atoms with Crippen molar-refractivity contribution in [3.8, 4) is 5.75 Å². The van der Waals surface area contributed by atoms with Crippen LogP contribution in [0.25, 0.3) is 0 Å². The molecule has 18 heavy (non-hydrogen) atoms. The fourth-order valence-electron chi connectivity index (χ4n) is 1.61. The number of amides is 1. The summed E-state index contributed by atoms with van der Waals surface area (Å²) in [6, 6.07) is 7.21. The summed E-state index contributed by atoms with van der Waals surface area (Å²) in [6.07, 6.45) is 0.168. The molecule has 4 heteroatoms. The molecule has 1 N–H and O–H groups in total. The zero-order chi connectivity index (χ0) is 13.5. The van der Waals surface area contributed by atoms with E-state index < -0.39 is 6.10 Å². The van der Waals surface area contributed by atoms with Crippen molar-refractivity contribution in [3.63, 3.8) is 0 Å². The third-order valence-corrected chi connectivity index (χ3v) is 2.65. The van der Waals surface area contributed by atoms with Gasteiger partial charge in [0.15, 0.2) is 0 Å². The average molecular weight is 251 g/mol. The van der Waals surface area contributed by atoms with E-state index in [1.807, 2.05) is 19.1 Å². The Morgan fingerprint density at radius 2 is 2.11 bits per heavy atom. The van der Waals surface area contributed by atoms with Gasteiger partial charge in [-0.2, -0.15) is 0 Å². The van der Waals surface area contributed by atoms with Crippen LogP contribution in [0.2, 0.25) is 0 Å². The molecule has 100 valence electrons. The van der Waals surface area contributed by atoms with E-state index in [4.69, 9.17) is 4.74 Å². The molecule has 0 aliphatic carbocycles. The SMILES string of the molecule is CCOc1ccccc1C(=O)N(C)CCC(C)O. The number of carbonyl (C=O) groups is 1. The van der Waals surface area contributed by atoms with Crippen molar-refractivity contribution in [2.24, 2.45) is 0 Å². The summed E-state index contributed by atoms with van der Waals surface area (Å²) in [5.74, 6) is 0.522. The van der Waals surface area contributed by atoms with Crippen molar-refractivity contribution in [3.05, 3.63) is 29.8 Å². The van der Waals surface area contributed by atoms with Crippen LogP contribution < -0.4 is 4.74 Å². The summed E-state index contributed by atoms with van der Waals surface area (Å²) in [6.45, 7) is 4.66. The summed E-state index contributed by atoms with van der Waals surface area (Å²) in [7, 11) is 1.73. The van der Waals surface area contributed by atoms with Crippen molar-refractivity contribution >= 4 is 5.91 Å². The molecule has 0 heterocycles. The van der Waals surface area contributed by atoms with Crippen LogP contribution in [0.5, 0.6) is 5.75 Å². The molecule has 0 saturated carbocycles. The lowest BCUT2D eigenvalue weighted by molar-refractivity contribution is 0.0765. The van der Waals surface area contributed by atoms with Crippen LogP contribution in [-0.2, 0) is 0 Å². The van der Waals surface area contributed by atoms with Gasteiger partial charge in [-0.1, -0.05) is 12.1 Å². The highest BCUT2D eigenvalue weighted by atomic mass is 16.5. The molecule has 1 aromatic carbocycles. The van der Waals surface area contributed by atoms with Gasteiger partial charge in [-0.3, -0.25) is 4.79 Å². The highest BCUT2D eigenvalue weighted by Gasteiger charge is 2.16. The first-order valence-corrected chi connectivity index (χ1v) is 6.21. The van der Waals surface area contributed by atoms with Crippen LogP contribution in [0.4, 0.5) is 0 Å². The molecule has 1 aromatic rings. The average Bonchev–Trinajstić information content (AvgIpc) is 2.36. The lowest BCUT2D eigenvalue weighted by atomic mass is 10.1. The molecule has 1 unspecified atom stereocenters. The molecule has 1 amide bonds. The van der Waals surface area contributed by atoms with Crippen LogP contribution in [0.1, 0.15) is 30.6 Å². The van der Waals surface area contributed by atoms with Crippen LogP contribution in [0.15, 0.2) is 24.3 Å². The van der Waals surface area contributed by atoms with Gasteiger partial charge < -0.3 is 14.7 Å². The third-order valence-electron chi connectivity index (χ3n) is 2.65. The number of nitrogens with zero attached hydrogens (tertiary/aromatic N) is 1. The van der Waals surface area contributed by atoms with Crippen molar-refractivity contribution in [2.75, 3.05) is 20.2 Å². The summed E-state index contributed by atoms with van der Waals surface area (Å²) in [4.78, 5) is 13.8. The smallest absolute Gasteiger partial charge is 0.257 e. The Balaban J connectivity index is 2.76. The lowest BCUT2D eigenvalue weighted by Crippen LogP contribution is -2.29. The number of para-hydroxylation sites is 1. The van der Waals surface area contributed by atoms with E-state index in [0.717, 1.165) is 0 Å². The highest BCUT2D eigenvalue weighted by Crippen LogP contribution is 2.19. The predicted molar refractivity (Wildman–Crippen MR) is 70.9 cm³/mol. The second-order valence-electron chi connectivity index (χ2n) is 4.29. The summed E-state index contributed by atoms with van der Waals surface area (Å²) in [5, 5.41) is 9.23. The first-order valence-electron chi connectivity index (χ1n) is 6.21. The molecule has 1 rings (SSSR count). The minimum absolute atomic E-state index is 0.0836. The number of ether oxygens (including phenoxy) is 1. The summed E-state index contributed by atoms with van der Waals surface area (Å²) in [5.41, 5.74) is 0.562. The van der Waals surface area contributed by atoms with Crippen molar-refractivity contribution in [1.29, 1.82) is 0 Å². The topological polar surface area (TPSA) is 49.8 Å². The van der Waals surface area contributed by atoms with Crippen molar-refractivity contribution < 1.29 is 14.6 Å². The summed E-state index contributed by atoms with van der Waals surface area (Å²) < 4.78 is 5.44. The quantitative estimate of drug-likeness (QED) is 0.840. The lowest BCUT2D eigenvalue weighted by Gasteiger charge is -2.19. The number of hydrogen-bond acceptors (Lipinski definition) is 3. The van der Waals surface area contributed by atoms with Gasteiger partial charge in [0.25, 0.3) is 5.91 Å². The number of aliphatic hydroxyl groups is 1. The molecule has 0 aromatic heterocycles. The van der Waals surface area contributed by atoms with Gasteiger partial charge in [0.1, 0.15) is 5.75 Å². The maximum Gasteiger partial charge on any atom is 0.257 e. The van der Waals surface area contributed by atoms with Crippen LogP contribution in [0, 0.1) is 0 Å². The summed E-state index contributed by atoms with van der Waals surface area (Å²) >= 11 is 0. The number of aliphatic hydroxyl groups excluding tert-OH is 1. The number of carbonyl (C=O) groups excluding carboxylic acids is 1. The molecule has 0 spiro atoms. The molecule has 0 aliphatic rings. The van der Waals surface area contributed by atoms with E-state index in [1.165, 1.54) is 0 Å². The Hall–Kier alpha value is -1.55. The molecular weight excluding hydrogens is 230 g/mol. The van der Waals surface area contributed by atoms with Crippen molar-refractivity contribution in [2.45, 2.75) is 26.4 Å². The Morgan fingerprint density at radius 3 is 2.72 bits per heavy atom. The third kappa shape index (κ3) is 4.04. The molecule has 0 bridgehead atoms. The van der Waals surface area contributed by atoms with E-state index in [0.29, 0.717) is 30.9 Å². The molecule has 0 fully saturated rings. The normalized spacial score (nSPS) is 12.0. The van der Waals surface area contributed by atoms with E-state index in [-0.39, 0.29) is 5.91 Å². The van der Waals surface area contributed by atoms with Gasteiger partial charge in [-0.25, -0.2) is 0 Å². The largest absolute Gasteiger partial charge is 0.493 e. The Bertz CT molecular complexity index is 390. The minimum Gasteiger partial charge on any atom is -0.493 e. The molecule has 1 atom stereocenters. The minimum atomic E-state index is -0.401. The Labute approximate surface area is 108 Å². The second-order valence-corrected chi connectivity index (χ2v) is 4.29. The van der Waals surface area contributed by atoms with E-state index in [9.17, 15) is 9.90 Å². The van der Waals surface area contributed by atoms with Gasteiger partial charge in [-0.05, 0) is 32.4 Å². The van der Waals surface area contributed by atoms with E-state index in [1.54, 1.807) is 31.0 Å². The molecule has 4 nitrogen and oxygen atoms in total. The van der Waals surface area contributed by atoms with Gasteiger partial charge in [0.05, 0.1) is 18.3 Å². The maximum absolute atomic E-state index is 12.2. The molecule has 0 aliphatic heterocycles. The van der Waals surface area contributed by atoms with Gasteiger partial charge in [0.2, 0.25) is 0 Å². The molecule has 0 radical (unpaired) electrons. The highest BCUT2D eigenvalue weighted by molar-refractivity contribution is 5.96. The van der Waals surface area contributed by atoms with Crippen LogP contribution in [0.3, 0.4) is 0 Å². The van der Waals surface area contributed by atoms with Gasteiger partial charge in [-0.15, -0.1) is 0 Å². The second kappa shape index (κ2) is 7.01. The fourth-order valence-corrected chi connectivity index (χ4v) is 1.61. The van der Waals surface area contributed by atoms with Crippen LogP contribution >= 0.6 is 0 Å². The first kappa shape index (κ1) is 14.5. The number of benzene rings is 1. The zero-order valence-electron chi connectivity index (χ0n) is 11.2. The molecular formula is C14H21NO3. The Kier molecular flexibility index (Phi) is 5.65. The maximum atomic E-state index is 12.2.